The molecule has 0 aliphatic rings. The van der Waals surface area contributed by atoms with Gasteiger partial charge in [-0.1, -0.05) is 0 Å². The highest BCUT2D eigenvalue weighted by molar-refractivity contribution is 5.90. The van der Waals surface area contributed by atoms with E-state index in [2.05, 4.69) is 4.98 Å². The maximum absolute atomic E-state index is 9.52. The molecule has 2 aromatic rings. The van der Waals surface area contributed by atoms with Gasteiger partial charge in [-0.3, -0.25) is 0 Å². The first-order valence-electron chi connectivity index (χ1n) is 4.02. The third-order valence-corrected chi connectivity index (χ3v) is 2.15. The SMILES string of the molecule is Cc1[nH+]ccc2c(O)c(O)ccc12. The van der Waals surface area contributed by atoms with Gasteiger partial charge in [-0.05, 0) is 12.1 Å². The van der Waals surface area contributed by atoms with Gasteiger partial charge in [0.1, 0.15) is 0 Å². The van der Waals surface area contributed by atoms with Crippen LogP contribution in [0.3, 0.4) is 0 Å². The fraction of sp³-hybridized carbons (Fsp3) is 0.100. The van der Waals surface area contributed by atoms with Gasteiger partial charge >= 0.3 is 0 Å². The molecule has 0 saturated heterocycles. The molecule has 0 amide bonds. The highest BCUT2D eigenvalue weighted by atomic mass is 16.3. The second-order valence-electron chi connectivity index (χ2n) is 3.00. The van der Waals surface area contributed by atoms with Crippen LogP contribution in [0.1, 0.15) is 5.69 Å². The van der Waals surface area contributed by atoms with Crippen molar-refractivity contribution >= 4 is 10.8 Å². The van der Waals surface area contributed by atoms with Crippen molar-refractivity contribution in [1.82, 2.24) is 0 Å². The number of H-pyrrole nitrogens is 1. The summed E-state index contributed by atoms with van der Waals surface area (Å²) >= 11 is 0. The fourth-order valence-corrected chi connectivity index (χ4v) is 1.42. The number of phenolic OH excluding ortho intramolecular Hbond substituents is 2. The second kappa shape index (κ2) is 2.62. The third kappa shape index (κ3) is 1.09. The molecule has 0 unspecified atom stereocenters. The van der Waals surface area contributed by atoms with E-state index in [1.165, 1.54) is 6.07 Å². The lowest BCUT2D eigenvalue weighted by atomic mass is 10.1. The van der Waals surface area contributed by atoms with Crippen LogP contribution in [0.25, 0.3) is 10.8 Å². The first kappa shape index (κ1) is 7.86. The van der Waals surface area contributed by atoms with Crippen molar-refractivity contribution in [2.24, 2.45) is 0 Å². The number of aromatic amines is 1. The average Bonchev–Trinajstić information content (AvgIpc) is 2.12. The Balaban J connectivity index is 2.94. The molecule has 0 radical (unpaired) electrons. The monoisotopic (exact) mass is 176 g/mol. The van der Waals surface area contributed by atoms with E-state index in [0.29, 0.717) is 5.39 Å². The molecule has 0 bridgehead atoms. The predicted octanol–water partition coefficient (Wildman–Crippen LogP) is 1.37. The van der Waals surface area contributed by atoms with Crippen molar-refractivity contribution < 1.29 is 15.2 Å². The number of nitrogens with one attached hydrogen (secondary N) is 1. The normalized spacial score (nSPS) is 10.5. The highest BCUT2D eigenvalue weighted by Gasteiger charge is 2.09. The van der Waals surface area contributed by atoms with Crippen LogP contribution in [0.5, 0.6) is 11.5 Å². The maximum atomic E-state index is 9.52. The molecule has 0 spiro atoms. The molecule has 1 aromatic heterocycles. The van der Waals surface area contributed by atoms with Gasteiger partial charge in [0.05, 0.1) is 5.39 Å². The van der Waals surface area contributed by atoms with E-state index < -0.39 is 0 Å². The molecule has 1 heterocycles. The topological polar surface area (TPSA) is 54.6 Å². The highest BCUT2D eigenvalue weighted by Crippen LogP contribution is 2.33. The smallest absolute Gasteiger partial charge is 0.184 e. The lowest BCUT2D eigenvalue weighted by Gasteiger charge is -2.01. The standard InChI is InChI=1S/C10H9NO2/c1-6-7-2-3-9(12)10(13)8(7)4-5-11-6/h2-5,12-13H,1H3/p+1. The summed E-state index contributed by atoms with van der Waals surface area (Å²) in [6, 6.07) is 4.99. The Hall–Kier alpha value is -1.77. The zero-order valence-corrected chi connectivity index (χ0v) is 7.20. The summed E-state index contributed by atoms with van der Waals surface area (Å²) in [6.07, 6.45) is 1.73. The number of pyridine rings is 1. The van der Waals surface area contributed by atoms with Crippen molar-refractivity contribution in [3.8, 4) is 11.5 Å². The molecule has 3 N–H and O–H groups in total. The van der Waals surface area contributed by atoms with Crippen molar-refractivity contribution in [3.05, 3.63) is 30.1 Å². The Morgan fingerprint density at radius 3 is 2.62 bits per heavy atom. The molecular formula is C10H10NO2+. The predicted molar refractivity (Wildman–Crippen MR) is 48.6 cm³/mol. The van der Waals surface area contributed by atoms with Crippen LogP contribution in [0, 0.1) is 6.92 Å². The van der Waals surface area contributed by atoms with Crippen molar-refractivity contribution in [2.75, 3.05) is 0 Å². The van der Waals surface area contributed by atoms with E-state index in [-0.39, 0.29) is 11.5 Å². The Morgan fingerprint density at radius 1 is 1.08 bits per heavy atom. The Labute approximate surface area is 75.3 Å². The van der Waals surface area contributed by atoms with Gasteiger partial charge in [0.2, 0.25) is 0 Å². The molecule has 0 aliphatic carbocycles. The zero-order valence-electron chi connectivity index (χ0n) is 7.20. The van der Waals surface area contributed by atoms with E-state index >= 15 is 0 Å². The minimum Gasteiger partial charge on any atom is -0.504 e. The molecule has 3 nitrogen and oxygen atoms in total. The van der Waals surface area contributed by atoms with Gasteiger partial charge in [0.25, 0.3) is 0 Å². The van der Waals surface area contributed by atoms with E-state index in [1.807, 2.05) is 6.92 Å². The van der Waals surface area contributed by atoms with Gasteiger partial charge in [-0.15, -0.1) is 0 Å². The molecule has 3 heteroatoms. The van der Waals surface area contributed by atoms with Crippen LogP contribution in [0.4, 0.5) is 0 Å². The van der Waals surface area contributed by atoms with Crippen molar-refractivity contribution in [1.29, 1.82) is 0 Å². The summed E-state index contributed by atoms with van der Waals surface area (Å²) in [7, 11) is 0. The van der Waals surface area contributed by atoms with Gasteiger partial charge in [-0.25, -0.2) is 4.98 Å². The number of aryl methyl sites for hydroxylation is 1. The van der Waals surface area contributed by atoms with Crippen LogP contribution in [-0.4, -0.2) is 10.2 Å². The molecule has 13 heavy (non-hydrogen) atoms. The number of hydrogen-bond donors (Lipinski definition) is 2. The molecular weight excluding hydrogens is 166 g/mol. The largest absolute Gasteiger partial charge is 0.504 e. The minimum atomic E-state index is -0.0851. The van der Waals surface area contributed by atoms with Crippen LogP contribution in [0.15, 0.2) is 24.4 Å². The molecule has 0 atom stereocenters. The summed E-state index contributed by atoms with van der Waals surface area (Å²) in [5.41, 5.74) is 0.966. The second-order valence-corrected chi connectivity index (χ2v) is 3.00. The number of hydrogen-bond acceptors (Lipinski definition) is 2. The van der Waals surface area contributed by atoms with Crippen molar-refractivity contribution in [3.63, 3.8) is 0 Å². The van der Waals surface area contributed by atoms with Gasteiger partial charge in [0.15, 0.2) is 23.4 Å². The number of fused-ring (bicyclic) bond motifs is 1. The minimum absolute atomic E-state index is 0.0606. The molecule has 66 valence electrons. The summed E-state index contributed by atoms with van der Waals surface area (Å²) < 4.78 is 0. The number of aromatic hydroxyl groups is 2. The molecule has 2 rings (SSSR count). The van der Waals surface area contributed by atoms with E-state index in [1.54, 1.807) is 18.3 Å². The summed E-state index contributed by atoms with van der Waals surface area (Å²) in [5, 5.41) is 20.3. The van der Waals surface area contributed by atoms with Crippen LogP contribution in [-0.2, 0) is 0 Å². The Bertz CT molecular complexity index is 466. The number of aromatic nitrogens is 1. The van der Waals surface area contributed by atoms with Crippen LogP contribution >= 0.6 is 0 Å². The number of phenols is 2. The Morgan fingerprint density at radius 2 is 1.85 bits per heavy atom. The maximum Gasteiger partial charge on any atom is 0.184 e. The van der Waals surface area contributed by atoms with E-state index in [4.69, 9.17) is 0 Å². The number of rotatable bonds is 0. The van der Waals surface area contributed by atoms with Gasteiger partial charge in [-0.2, -0.15) is 0 Å². The fourth-order valence-electron chi connectivity index (χ4n) is 1.42. The summed E-state index contributed by atoms with van der Waals surface area (Å²) in [6.45, 7) is 1.92. The summed E-state index contributed by atoms with van der Waals surface area (Å²) in [5.74, 6) is -0.146. The lowest BCUT2D eigenvalue weighted by molar-refractivity contribution is -0.385. The first-order chi connectivity index (χ1) is 6.20. The molecule has 0 saturated carbocycles. The van der Waals surface area contributed by atoms with E-state index in [9.17, 15) is 10.2 Å². The third-order valence-electron chi connectivity index (χ3n) is 2.15. The molecule has 1 aromatic carbocycles. The average molecular weight is 176 g/mol. The van der Waals surface area contributed by atoms with Crippen LogP contribution < -0.4 is 4.98 Å². The Kier molecular flexibility index (Phi) is 1.59. The zero-order chi connectivity index (χ0) is 9.42. The molecule has 0 aliphatic heterocycles. The van der Waals surface area contributed by atoms with E-state index in [0.717, 1.165) is 11.1 Å². The van der Waals surface area contributed by atoms with Crippen molar-refractivity contribution in [2.45, 2.75) is 6.92 Å². The number of benzene rings is 1. The quantitative estimate of drug-likeness (QED) is 0.596. The van der Waals surface area contributed by atoms with Gasteiger partial charge < -0.3 is 10.2 Å². The summed E-state index contributed by atoms with van der Waals surface area (Å²) in [4.78, 5) is 3.03. The van der Waals surface area contributed by atoms with Crippen LogP contribution in [0.2, 0.25) is 0 Å². The van der Waals surface area contributed by atoms with Gasteiger partial charge in [0, 0.05) is 18.4 Å². The lowest BCUT2D eigenvalue weighted by Crippen LogP contribution is -2.05. The molecule has 0 fully saturated rings. The first-order valence-corrected chi connectivity index (χ1v) is 4.02.